The molecule has 1 saturated carbocycles. The average molecular weight is 217 g/mol. The van der Waals surface area contributed by atoms with Gasteiger partial charge >= 0.3 is 0 Å². The number of hydrogen-bond acceptors (Lipinski definition) is 2. The van der Waals surface area contributed by atoms with Gasteiger partial charge in [0.2, 0.25) is 0 Å². The number of rotatable bonds is 5. The molecule has 2 rings (SSSR count). The maximum atomic E-state index is 5.27. The van der Waals surface area contributed by atoms with Gasteiger partial charge in [-0.05, 0) is 26.7 Å². The summed E-state index contributed by atoms with van der Waals surface area (Å²) in [6, 6.07) is 0.743. The SMILES string of the molecule is C#CCCn1nc(C)c(CNC2CC2)c1C. The Balaban J connectivity index is 2.04. The zero-order valence-electron chi connectivity index (χ0n) is 10.1. The van der Waals surface area contributed by atoms with E-state index in [4.69, 9.17) is 6.42 Å². The Hall–Kier alpha value is -1.27. The second-order valence-corrected chi connectivity index (χ2v) is 4.48. The van der Waals surface area contributed by atoms with E-state index in [1.807, 2.05) is 4.68 Å². The number of aromatic nitrogens is 2. The van der Waals surface area contributed by atoms with Crippen molar-refractivity contribution in [1.82, 2.24) is 15.1 Å². The van der Waals surface area contributed by atoms with Gasteiger partial charge in [-0.3, -0.25) is 4.68 Å². The normalized spacial score (nSPS) is 15.1. The molecule has 0 unspecified atom stereocenters. The molecule has 0 saturated heterocycles. The summed E-state index contributed by atoms with van der Waals surface area (Å²) < 4.78 is 2.03. The number of hydrogen-bond donors (Lipinski definition) is 1. The lowest BCUT2D eigenvalue weighted by atomic mass is 10.2. The highest BCUT2D eigenvalue weighted by molar-refractivity contribution is 5.24. The zero-order valence-corrected chi connectivity index (χ0v) is 10.1. The summed E-state index contributed by atoms with van der Waals surface area (Å²) >= 11 is 0. The van der Waals surface area contributed by atoms with Crippen molar-refractivity contribution in [2.45, 2.75) is 52.2 Å². The van der Waals surface area contributed by atoms with Crippen molar-refractivity contribution in [3.8, 4) is 12.3 Å². The molecule has 3 nitrogen and oxygen atoms in total. The maximum Gasteiger partial charge on any atom is 0.0641 e. The van der Waals surface area contributed by atoms with Crippen molar-refractivity contribution in [3.63, 3.8) is 0 Å². The minimum Gasteiger partial charge on any atom is -0.310 e. The molecule has 0 amide bonds. The number of nitrogens with one attached hydrogen (secondary N) is 1. The molecule has 3 heteroatoms. The first-order valence-electron chi connectivity index (χ1n) is 5.92. The van der Waals surface area contributed by atoms with Gasteiger partial charge in [-0.25, -0.2) is 0 Å². The van der Waals surface area contributed by atoms with Crippen LogP contribution >= 0.6 is 0 Å². The lowest BCUT2D eigenvalue weighted by Gasteiger charge is -2.04. The molecule has 1 aromatic heterocycles. The van der Waals surface area contributed by atoms with E-state index in [1.165, 1.54) is 24.1 Å². The highest BCUT2D eigenvalue weighted by atomic mass is 15.3. The zero-order chi connectivity index (χ0) is 11.5. The molecule has 0 aromatic carbocycles. The average Bonchev–Trinajstić information content (AvgIpc) is 3.03. The van der Waals surface area contributed by atoms with Gasteiger partial charge in [-0.1, -0.05) is 0 Å². The van der Waals surface area contributed by atoms with E-state index in [1.54, 1.807) is 0 Å². The molecule has 0 radical (unpaired) electrons. The van der Waals surface area contributed by atoms with Gasteiger partial charge in [0.05, 0.1) is 12.2 Å². The van der Waals surface area contributed by atoms with Crippen molar-refractivity contribution in [3.05, 3.63) is 17.0 Å². The third kappa shape index (κ3) is 2.45. The summed E-state index contributed by atoms with van der Waals surface area (Å²) in [7, 11) is 0. The fourth-order valence-electron chi connectivity index (χ4n) is 1.91. The first kappa shape index (κ1) is 11.2. The van der Waals surface area contributed by atoms with E-state index < -0.39 is 0 Å². The molecular formula is C13H19N3. The molecule has 0 atom stereocenters. The summed E-state index contributed by atoms with van der Waals surface area (Å²) in [4.78, 5) is 0. The van der Waals surface area contributed by atoms with Crippen molar-refractivity contribution in [2.75, 3.05) is 0 Å². The molecule has 0 aliphatic heterocycles. The van der Waals surface area contributed by atoms with Gasteiger partial charge in [0.25, 0.3) is 0 Å². The predicted octanol–water partition coefficient (Wildman–Crippen LogP) is 1.78. The Morgan fingerprint density at radius 2 is 2.25 bits per heavy atom. The maximum absolute atomic E-state index is 5.27. The lowest BCUT2D eigenvalue weighted by molar-refractivity contribution is 0.605. The van der Waals surface area contributed by atoms with Gasteiger partial charge in [-0.2, -0.15) is 5.10 Å². The van der Waals surface area contributed by atoms with Crippen molar-refractivity contribution < 1.29 is 0 Å². The molecule has 1 aliphatic rings. The molecule has 1 aliphatic carbocycles. The Bertz CT molecular complexity index is 408. The largest absolute Gasteiger partial charge is 0.310 e. The van der Waals surface area contributed by atoms with Crippen LogP contribution in [0.1, 0.15) is 36.2 Å². The highest BCUT2D eigenvalue weighted by Crippen LogP contribution is 2.21. The van der Waals surface area contributed by atoms with Gasteiger partial charge in [0.1, 0.15) is 0 Å². The molecule has 16 heavy (non-hydrogen) atoms. The fraction of sp³-hybridized carbons (Fsp3) is 0.615. The summed E-state index contributed by atoms with van der Waals surface area (Å²) in [5, 5.41) is 8.06. The van der Waals surface area contributed by atoms with Crippen LogP contribution in [-0.4, -0.2) is 15.8 Å². The standard InChI is InChI=1S/C13H19N3/c1-4-5-8-16-11(3)13(10(2)15-16)9-14-12-6-7-12/h1,12,14H,5-9H2,2-3H3. The summed E-state index contributed by atoms with van der Waals surface area (Å²) in [6.07, 6.45) is 8.67. The van der Waals surface area contributed by atoms with Gasteiger partial charge in [-0.15, -0.1) is 12.3 Å². The van der Waals surface area contributed by atoms with Crippen LogP contribution in [0.4, 0.5) is 0 Å². The Morgan fingerprint density at radius 3 is 2.88 bits per heavy atom. The number of terminal acetylenes is 1. The first-order chi connectivity index (χ1) is 7.72. The molecule has 1 heterocycles. The van der Waals surface area contributed by atoms with Crippen LogP contribution in [0.2, 0.25) is 0 Å². The van der Waals surface area contributed by atoms with Crippen LogP contribution in [0.5, 0.6) is 0 Å². The second-order valence-electron chi connectivity index (χ2n) is 4.48. The van der Waals surface area contributed by atoms with E-state index in [0.29, 0.717) is 0 Å². The molecule has 0 bridgehead atoms. The molecular weight excluding hydrogens is 198 g/mol. The van der Waals surface area contributed by atoms with Crippen molar-refractivity contribution in [2.24, 2.45) is 0 Å². The molecule has 1 fully saturated rings. The lowest BCUT2D eigenvalue weighted by Crippen LogP contribution is -2.16. The van der Waals surface area contributed by atoms with Crippen molar-refractivity contribution >= 4 is 0 Å². The van der Waals surface area contributed by atoms with E-state index in [-0.39, 0.29) is 0 Å². The van der Waals surface area contributed by atoms with Gasteiger partial charge < -0.3 is 5.32 Å². The first-order valence-corrected chi connectivity index (χ1v) is 5.92. The van der Waals surface area contributed by atoms with Crippen molar-refractivity contribution in [1.29, 1.82) is 0 Å². The minimum atomic E-state index is 0.743. The third-order valence-electron chi connectivity index (χ3n) is 3.14. The highest BCUT2D eigenvalue weighted by Gasteiger charge is 2.21. The van der Waals surface area contributed by atoms with Crippen LogP contribution in [0.25, 0.3) is 0 Å². The summed E-state index contributed by atoms with van der Waals surface area (Å²) in [6.45, 7) is 5.97. The van der Waals surface area contributed by atoms with Crippen LogP contribution in [0.3, 0.4) is 0 Å². The van der Waals surface area contributed by atoms with Gasteiger partial charge in [0, 0.05) is 30.3 Å². The van der Waals surface area contributed by atoms with Crippen LogP contribution in [-0.2, 0) is 13.1 Å². The summed E-state index contributed by atoms with van der Waals surface area (Å²) in [5.41, 5.74) is 3.72. The van der Waals surface area contributed by atoms with Crippen LogP contribution in [0, 0.1) is 26.2 Å². The Labute approximate surface area is 97.2 Å². The predicted molar refractivity (Wildman–Crippen MR) is 65.0 cm³/mol. The minimum absolute atomic E-state index is 0.743. The molecule has 86 valence electrons. The van der Waals surface area contributed by atoms with E-state index in [0.717, 1.165) is 31.2 Å². The third-order valence-corrected chi connectivity index (χ3v) is 3.14. The molecule has 1 N–H and O–H groups in total. The van der Waals surface area contributed by atoms with E-state index in [2.05, 4.69) is 30.2 Å². The Kier molecular flexibility index (Phi) is 3.31. The molecule has 1 aromatic rings. The topological polar surface area (TPSA) is 29.9 Å². The van der Waals surface area contributed by atoms with E-state index in [9.17, 15) is 0 Å². The smallest absolute Gasteiger partial charge is 0.0641 e. The fourth-order valence-corrected chi connectivity index (χ4v) is 1.91. The monoisotopic (exact) mass is 217 g/mol. The quantitative estimate of drug-likeness (QED) is 0.762. The molecule has 0 spiro atoms. The number of aryl methyl sites for hydroxylation is 2. The van der Waals surface area contributed by atoms with Gasteiger partial charge in [0.15, 0.2) is 0 Å². The number of nitrogens with zero attached hydrogens (tertiary/aromatic N) is 2. The second kappa shape index (κ2) is 4.71. The Morgan fingerprint density at radius 1 is 1.50 bits per heavy atom. The van der Waals surface area contributed by atoms with Crippen LogP contribution < -0.4 is 5.32 Å². The van der Waals surface area contributed by atoms with Crippen LogP contribution in [0.15, 0.2) is 0 Å². The van der Waals surface area contributed by atoms with E-state index >= 15 is 0 Å². The summed E-state index contributed by atoms with van der Waals surface area (Å²) in [5.74, 6) is 2.66.